The molecule has 1 fully saturated rings. The summed E-state index contributed by atoms with van der Waals surface area (Å²) in [6, 6.07) is 16.8. The minimum atomic E-state index is -0.649. The number of furan rings is 1. The number of nitrogens with two attached hydrogens (primary N) is 1. The Balaban J connectivity index is 1.40. The van der Waals surface area contributed by atoms with Gasteiger partial charge in [0.1, 0.15) is 28.6 Å². The monoisotopic (exact) mass is 523 g/mol. The number of primary amides is 1. The lowest BCUT2D eigenvalue weighted by Gasteiger charge is -2.17. The highest BCUT2D eigenvalue weighted by Gasteiger charge is 2.48. The Bertz CT molecular complexity index is 1780. The van der Waals surface area contributed by atoms with Crippen LogP contribution >= 0.6 is 0 Å². The Kier molecular flexibility index (Phi) is 5.64. The van der Waals surface area contributed by atoms with Crippen molar-refractivity contribution in [3.63, 3.8) is 0 Å². The molecule has 0 spiro atoms. The summed E-state index contributed by atoms with van der Waals surface area (Å²) < 4.78 is 24.7. The molecule has 3 aromatic carbocycles. The molecule has 5 aromatic rings. The van der Waals surface area contributed by atoms with Crippen molar-refractivity contribution in [2.75, 3.05) is 0 Å². The van der Waals surface area contributed by atoms with Gasteiger partial charge in [-0.15, -0.1) is 0 Å². The van der Waals surface area contributed by atoms with E-state index in [1.807, 2.05) is 51.1 Å². The maximum absolute atomic E-state index is 13.5. The molecule has 0 radical (unpaired) electrons. The number of carbonyl (C=O) groups is 2. The van der Waals surface area contributed by atoms with E-state index in [-0.39, 0.29) is 17.2 Å². The van der Waals surface area contributed by atoms with E-state index in [0.29, 0.717) is 27.9 Å². The van der Waals surface area contributed by atoms with E-state index in [1.54, 1.807) is 18.2 Å². The molecule has 39 heavy (non-hydrogen) atoms. The molecule has 1 aliphatic rings. The molecule has 0 bridgehead atoms. The molecule has 2 heterocycles. The number of fused-ring (bicyclic) bond motifs is 1. The Labute approximate surface area is 223 Å². The zero-order valence-corrected chi connectivity index (χ0v) is 21.7. The smallest absolute Gasteiger partial charge is 0.253 e. The number of hydrogen-bond acceptors (Lipinski definition) is 5. The van der Waals surface area contributed by atoms with Crippen molar-refractivity contribution in [2.24, 2.45) is 5.73 Å². The van der Waals surface area contributed by atoms with Gasteiger partial charge in [-0.2, -0.15) is 0 Å². The Morgan fingerprint density at radius 3 is 2.33 bits per heavy atom. The van der Waals surface area contributed by atoms with Crippen LogP contribution in [0.5, 0.6) is 0 Å². The maximum Gasteiger partial charge on any atom is 0.253 e. The number of aromatic nitrogens is 1. The lowest BCUT2D eigenvalue weighted by molar-refractivity contribution is 0.0928. The van der Waals surface area contributed by atoms with Gasteiger partial charge in [0.05, 0.1) is 11.1 Å². The van der Waals surface area contributed by atoms with Gasteiger partial charge in [0, 0.05) is 22.6 Å². The minimum Gasteiger partial charge on any atom is -0.455 e. The van der Waals surface area contributed by atoms with Crippen molar-refractivity contribution in [3.05, 3.63) is 100 Å². The molecule has 2 aromatic heterocycles. The molecular weight excluding hydrogens is 497 g/mol. The number of carbonyl (C=O) groups excluding carboxylic acids is 2. The Morgan fingerprint density at radius 2 is 1.69 bits per heavy atom. The third-order valence-electron chi connectivity index (χ3n) is 7.50. The van der Waals surface area contributed by atoms with Crippen LogP contribution in [0.15, 0.2) is 69.6 Å². The van der Waals surface area contributed by atoms with E-state index >= 15 is 0 Å². The van der Waals surface area contributed by atoms with Crippen molar-refractivity contribution in [1.82, 2.24) is 10.5 Å². The van der Waals surface area contributed by atoms with Crippen LogP contribution in [0, 0.1) is 26.6 Å². The number of hydrogen-bond donors (Lipinski definition) is 2. The first-order chi connectivity index (χ1) is 18.6. The summed E-state index contributed by atoms with van der Waals surface area (Å²) in [5.41, 5.74) is 11.4. The Morgan fingerprint density at radius 1 is 0.974 bits per heavy atom. The zero-order chi connectivity index (χ0) is 27.5. The lowest BCUT2D eigenvalue weighted by atomic mass is 9.92. The third kappa shape index (κ3) is 4.27. The van der Waals surface area contributed by atoms with Gasteiger partial charge in [-0.1, -0.05) is 11.2 Å². The number of nitrogens with one attached hydrogen (secondary N) is 1. The second kappa shape index (κ2) is 8.94. The molecule has 0 saturated heterocycles. The van der Waals surface area contributed by atoms with E-state index in [9.17, 15) is 14.0 Å². The number of amides is 2. The predicted octanol–water partition coefficient (Wildman–Crippen LogP) is 6.34. The summed E-state index contributed by atoms with van der Waals surface area (Å²) in [5, 5.41) is 7.82. The molecule has 0 unspecified atom stereocenters. The average molecular weight is 524 g/mol. The molecule has 2 amide bonds. The summed E-state index contributed by atoms with van der Waals surface area (Å²) in [4.78, 5) is 25.9. The second-order valence-corrected chi connectivity index (χ2v) is 10.2. The molecule has 1 aliphatic carbocycles. The number of halogens is 1. The molecule has 7 nitrogen and oxygen atoms in total. The van der Waals surface area contributed by atoms with E-state index < -0.39 is 17.3 Å². The summed E-state index contributed by atoms with van der Waals surface area (Å²) in [6.45, 7) is 5.78. The molecule has 0 aliphatic heterocycles. The standard InChI is InChI=1S/C31H26FN3O4/c1-16-12-21(30(37)34-31(10-11-31)26-13-17(2)39-35-26)15-23(18(16)3)20-6-9-25-24(14-20)27(29(33)36)28(38-25)19-4-7-22(32)8-5-19/h4-9,12-15H,10-11H2,1-3H3,(H2,33,36)(H,34,37). The first-order valence-corrected chi connectivity index (χ1v) is 12.7. The van der Waals surface area contributed by atoms with Crippen LogP contribution in [-0.4, -0.2) is 17.0 Å². The van der Waals surface area contributed by atoms with Crippen molar-refractivity contribution >= 4 is 22.8 Å². The fourth-order valence-electron chi connectivity index (χ4n) is 5.06. The lowest BCUT2D eigenvalue weighted by Crippen LogP contribution is -2.35. The number of rotatable bonds is 6. The zero-order valence-electron chi connectivity index (χ0n) is 21.7. The van der Waals surface area contributed by atoms with Crippen molar-refractivity contribution in [1.29, 1.82) is 0 Å². The minimum absolute atomic E-state index is 0.196. The highest BCUT2D eigenvalue weighted by molar-refractivity contribution is 6.11. The van der Waals surface area contributed by atoms with E-state index in [1.165, 1.54) is 12.1 Å². The van der Waals surface area contributed by atoms with Crippen molar-refractivity contribution < 1.29 is 22.9 Å². The van der Waals surface area contributed by atoms with Crippen LogP contribution in [0.3, 0.4) is 0 Å². The fourth-order valence-corrected chi connectivity index (χ4v) is 5.06. The topological polar surface area (TPSA) is 111 Å². The van der Waals surface area contributed by atoms with Gasteiger partial charge in [-0.3, -0.25) is 9.59 Å². The van der Waals surface area contributed by atoms with Gasteiger partial charge in [-0.05, 0) is 104 Å². The largest absolute Gasteiger partial charge is 0.455 e. The van der Waals surface area contributed by atoms with Gasteiger partial charge >= 0.3 is 0 Å². The highest BCUT2D eigenvalue weighted by Crippen LogP contribution is 2.45. The number of benzene rings is 3. The maximum atomic E-state index is 13.5. The second-order valence-electron chi connectivity index (χ2n) is 10.2. The predicted molar refractivity (Wildman–Crippen MR) is 145 cm³/mol. The van der Waals surface area contributed by atoms with E-state index in [4.69, 9.17) is 14.7 Å². The van der Waals surface area contributed by atoms with Gasteiger partial charge < -0.3 is 20.0 Å². The van der Waals surface area contributed by atoms with Crippen LogP contribution in [0.25, 0.3) is 33.4 Å². The van der Waals surface area contributed by atoms with Gasteiger partial charge in [0.2, 0.25) is 0 Å². The van der Waals surface area contributed by atoms with E-state index in [2.05, 4.69) is 10.5 Å². The van der Waals surface area contributed by atoms with Crippen LogP contribution < -0.4 is 11.1 Å². The van der Waals surface area contributed by atoms with Crippen molar-refractivity contribution in [2.45, 2.75) is 39.2 Å². The summed E-state index contributed by atoms with van der Waals surface area (Å²) in [5.74, 6) is -0.251. The first-order valence-electron chi connectivity index (χ1n) is 12.7. The molecular formula is C31H26FN3O4. The quantitative estimate of drug-likeness (QED) is 0.270. The molecule has 196 valence electrons. The third-order valence-corrected chi connectivity index (χ3v) is 7.50. The molecule has 3 N–H and O–H groups in total. The normalized spacial score (nSPS) is 13.9. The van der Waals surface area contributed by atoms with Gasteiger partial charge in [-0.25, -0.2) is 4.39 Å². The first kappa shape index (κ1) is 24.6. The van der Waals surface area contributed by atoms with Gasteiger partial charge in [0.15, 0.2) is 0 Å². The summed E-state index contributed by atoms with van der Waals surface area (Å²) in [6.07, 6.45) is 1.59. The fraction of sp³-hybridized carbons (Fsp3) is 0.194. The molecule has 6 rings (SSSR count). The number of nitrogens with zero attached hydrogens (tertiary/aromatic N) is 1. The van der Waals surface area contributed by atoms with Gasteiger partial charge in [0.25, 0.3) is 11.8 Å². The number of aryl methyl sites for hydroxylation is 2. The molecule has 1 saturated carbocycles. The van der Waals surface area contributed by atoms with Crippen LogP contribution in [0.2, 0.25) is 0 Å². The summed E-state index contributed by atoms with van der Waals surface area (Å²) in [7, 11) is 0. The van der Waals surface area contributed by atoms with Crippen molar-refractivity contribution in [3.8, 4) is 22.5 Å². The van der Waals surface area contributed by atoms with Crippen LogP contribution in [-0.2, 0) is 5.54 Å². The summed E-state index contributed by atoms with van der Waals surface area (Å²) >= 11 is 0. The SMILES string of the molecule is Cc1cc(C2(NC(=O)c3cc(C)c(C)c(-c4ccc5oc(-c6ccc(F)cc6)c(C(N)=O)c5c4)c3)CC2)no1. The highest BCUT2D eigenvalue weighted by atomic mass is 19.1. The average Bonchev–Trinajstić information content (AvgIpc) is 3.37. The van der Waals surface area contributed by atoms with Crippen LogP contribution in [0.4, 0.5) is 4.39 Å². The Hall–Kier alpha value is -4.72. The van der Waals surface area contributed by atoms with Crippen LogP contribution in [0.1, 0.15) is 56.1 Å². The molecule has 0 atom stereocenters. The van der Waals surface area contributed by atoms with E-state index in [0.717, 1.165) is 40.8 Å². The molecule has 8 heteroatoms.